The maximum Gasteiger partial charge on any atom is 0.292 e. The molecule has 0 spiro atoms. The minimum atomic E-state index is -0.439. The van der Waals surface area contributed by atoms with Crippen molar-refractivity contribution in [3.63, 3.8) is 0 Å². The summed E-state index contributed by atoms with van der Waals surface area (Å²) in [6.07, 6.45) is 0.746. The second-order valence-electron chi connectivity index (χ2n) is 6.88. The first-order chi connectivity index (χ1) is 13.4. The molecule has 2 aromatic carbocycles. The molecule has 0 atom stereocenters. The van der Waals surface area contributed by atoms with E-state index >= 15 is 0 Å². The summed E-state index contributed by atoms with van der Waals surface area (Å²) < 4.78 is 1.35. The number of nitrogens with zero attached hydrogens (tertiary/aromatic N) is 3. The third-order valence-corrected chi connectivity index (χ3v) is 4.63. The molecule has 1 aromatic heterocycles. The van der Waals surface area contributed by atoms with Gasteiger partial charge in [0.25, 0.3) is 11.5 Å². The van der Waals surface area contributed by atoms with Crippen molar-refractivity contribution >= 4 is 22.4 Å². The Hall–Kier alpha value is -3.28. The van der Waals surface area contributed by atoms with Gasteiger partial charge in [-0.25, -0.2) is 10.1 Å². The Balaban J connectivity index is 1.98. The molecule has 0 unspecified atom stereocenters. The van der Waals surface area contributed by atoms with Gasteiger partial charge >= 0.3 is 0 Å². The van der Waals surface area contributed by atoms with Gasteiger partial charge in [-0.05, 0) is 44.9 Å². The zero-order valence-electron chi connectivity index (χ0n) is 16.6. The normalized spacial score (nSPS) is 11.6. The Bertz CT molecular complexity index is 1130. The lowest BCUT2D eigenvalue weighted by molar-refractivity contribution is 0.0949. The minimum Gasteiger partial charge on any atom is -0.267 e. The number of benzene rings is 2. The molecule has 0 saturated carbocycles. The van der Waals surface area contributed by atoms with E-state index in [2.05, 4.69) is 15.6 Å². The lowest BCUT2D eigenvalue weighted by Crippen LogP contribution is -2.29. The van der Waals surface area contributed by atoms with E-state index < -0.39 is 5.91 Å². The van der Waals surface area contributed by atoms with Gasteiger partial charge in [0.1, 0.15) is 0 Å². The number of carbonyl (C=O) groups is 1. The number of aromatic nitrogens is 2. The van der Waals surface area contributed by atoms with Gasteiger partial charge < -0.3 is 0 Å². The Kier molecular flexibility index (Phi) is 5.68. The van der Waals surface area contributed by atoms with E-state index in [9.17, 15) is 9.59 Å². The van der Waals surface area contributed by atoms with Gasteiger partial charge in [-0.1, -0.05) is 42.8 Å². The summed E-state index contributed by atoms with van der Waals surface area (Å²) >= 11 is 0. The van der Waals surface area contributed by atoms with E-state index in [1.807, 2.05) is 45.9 Å². The number of amides is 1. The number of aryl methyl sites for hydroxylation is 3. The summed E-state index contributed by atoms with van der Waals surface area (Å²) in [7, 11) is 0. The van der Waals surface area contributed by atoms with Gasteiger partial charge in [0, 0.05) is 17.5 Å². The lowest BCUT2D eigenvalue weighted by Gasteiger charge is -2.10. The number of hydrogen-bond acceptors (Lipinski definition) is 4. The van der Waals surface area contributed by atoms with Crippen molar-refractivity contribution in [2.75, 3.05) is 0 Å². The van der Waals surface area contributed by atoms with Crippen LogP contribution in [0.25, 0.3) is 10.8 Å². The fourth-order valence-electron chi connectivity index (χ4n) is 3.14. The molecule has 0 saturated heterocycles. The van der Waals surface area contributed by atoms with Crippen LogP contribution in [0.2, 0.25) is 0 Å². The largest absolute Gasteiger partial charge is 0.292 e. The summed E-state index contributed by atoms with van der Waals surface area (Å²) in [4.78, 5) is 25.4. The van der Waals surface area contributed by atoms with Gasteiger partial charge in [0.15, 0.2) is 5.69 Å². The molecule has 3 aromatic rings. The molecule has 144 valence electrons. The van der Waals surface area contributed by atoms with Crippen LogP contribution in [0.3, 0.4) is 0 Å². The lowest BCUT2D eigenvalue weighted by atomic mass is 10.0. The summed E-state index contributed by atoms with van der Waals surface area (Å²) in [6.45, 7) is 8.29. The predicted molar refractivity (Wildman–Crippen MR) is 112 cm³/mol. The monoisotopic (exact) mass is 376 g/mol. The van der Waals surface area contributed by atoms with Crippen molar-refractivity contribution in [2.45, 2.75) is 40.7 Å². The Labute approximate surface area is 163 Å². The average molecular weight is 376 g/mol. The number of hydrogen-bond donors (Lipinski definition) is 1. The first kappa shape index (κ1) is 19.5. The molecule has 6 nitrogen and oxygen atoms in total. The SMILES string of the molecule is CCCn1nc(C(=O)N/N=C(/C)c2cc(C)ccc2C)c2ccccc2c1=O. The van der Waals surface area contributed by atoms with E-state index in [0.29, 0.717) is 23.0 Å². The van der Waals surface area contributed by atoms with Crippen molar-refractivity contribution < 1.29 is 4.79 Å². The molecule has 28 heavy (non-hydrogen) atoms. The number of carbonyl (C=O) groups excluding carboxylic acids is 1. The second kappa shape index (κ2) is 8.17. The molecular formula is C22H24N4O2. The first-order valence-corrected chi connectivity index (χ1v) is 9.34. The Morgan fingerprint density at radius 2 is 1.86 bits per heavy atom. The van der Waals surface area contributed by atoms with Crippen LogP contribution >= 0.6 is 0 Å². The van der Waals surface area contributed by atoms with E-state index in [1.54, 1.807) is 24.3 Å². The van der Waals surface area contributed by atoms with Crippen LogP contribution in [-0.2, 0) is 6.54 Å². The zero-order chi connectivity index (χ0) is 20.3. The molecule has 3 rings (SSSR count). The first-order valence-electron chi connectivity index (χ1n) is 9.34. The molecule has 1 amide bonds. The van der Waals surface area contributed by atoms with Crippen LogP contribution in [-0.4, -0.2) is 21.4 Å². The van der Waals surface area contributed by atoms with E-state index in [0.717, 1.165) is 23.1 Å². The summed E-state index contributed by atoms with van der Waals surface area (Å²) in [5.74, 6) is -0.439. The topological polar surface area (TPSA) is 76.3 Å². The molecule has 6 heteroatoms. The van der Waals surface area contributed by atoms with Gasteiger partial charge in [0.2, 0.25) is 0 Å². The van der Waals surface area contributed by atoms with Gasteiger partial charge in [-0.15, -0.1) is 0 Å². The van der Waals surface area contributed by atoms with Crippen LogP contribution in [0.5, 0.6) is 0 Å². The molecule has 0 bridgehead atoms. The second-order valence-corrected chi connectivity index (χ2v) is 6.88. The summed E-state index contributed by atoms with van der Waals surface area (Å²) in [5, 5.41) is 9.57. The maximum atomic E-state index is 12.8. The molecule has 1 heterocycles. The molecule has 0 fully saturated rings. The van der Waals surface area contributed by atoms with Gasteiger partial charge in [-0.2, -0.15) is 10.2 Å². The number of hydrazone groups is 1. The fraction of sp³-hybridized carbons (Fsp3) is 0.273. The van der Waals surface area contributed by atoms with Crippen LogP contribution in [0.4, 0.5) is 0 Å². The van der Waals surface area contributed by atoms with Crippen molar-refractivity contribution in [3.05, 3.63) is 75.2 Å². The predicted octanol–water partition coefficient (Wildman–Crippen LogP) is 3.58. The highest BCUT2D eigenvalue weighted by molar-refractivity contribution is 6.06. The quantitative estimate of drug-likeness (QED) is 0.546. The smallest absolute Gasteiger partial charge is 0.267 e. The maximum absolute atomic E-state index is 12.8. The fourth-order valence-corrected chi connectivity index (χ4v) is 3.14. The number of fused-ring (bicyclic) bond motifs is 1. The minimum absolute atomic E-state index is 0.191. The summed E-state index contributed by atoms with van der Waals surface area (Å²) in [5.41, 5.74) is 6.50. The van der Waals surface area contributed by atoms with Crippen molar-refractivity contribution in [1.29, 1.82) is 0 Å². The van der Waals surface area contributed by atoms with Crippen LogP contribution < -0.4 is 11.0 Å². The average Bonchev–Trinajstić information content (AvgIpc) is 2.70. The molecule has 1 N–H and O–H groups in total. The molecule has 0 radical (unpaired) electrons. The highest BCUT2D eigenvalue weighted by atomic mass is 16.2. The number of nitrogens with one attached hydrogen (secondary N) is 1. The zero-order valence-corrected chi connectivity index (χ0v) is 16.6. The van der Waals surface area contributed by atoms with Gasteiger partial charge in [0.05, 0.1) is 11.1 Å². The van der Waals surface area contributed by atoms with Crippen molar-refractivity contribution in [1.82, 2.24) is 15.2 Å². The molecule has 0 aliphatic rings. The Morgan fingerprint density at radius 1 is 1.14 bits per heavy atom. The van der Waals surface area contributed by atoms with E-state index in [4.69, 9.17) is 0 Å². The van der Waals surface area contributed by atoms with Crippen molar-refractivity contribution in [2.24, 2.45) is 5.10 Å². The molecule has 0 aliphatic heterocycles. The van der Waals surface area contributed by atoms with Crippen LogP contribution in [0.15, 0.2) is 52.4 Å². The number of rotatable bonds is 5. The highest BCUT2D eigenvalue weighted by Crippen LogP contribution is 2.14. The van der Waals surface area contributed by atoms with Gasteiger partial charge in [-0.3, -0.25) is 9.59 Å². The van der Waals surface area contributed by atoms with Crippen LogP contribution in [0.1, 0.15) is 47.4 Å². The molecular weight excluding hydrogens is 352 g/mol. The van der Waals surface area contributed by atoms with E-state index in [1.165, 1.54) is 4.68 Å². The third-order valence-electron chi connectivity index (χ3n) is 4.63. The standard InChI is InChI=1S/C22H24N4O2/c1-5-12-26-22(28)18-9-7-6-8-17(18)20(25-26)21(27)24-23-16(4)19-13-14(2)10-11-15(19)3/h6-11,13H,5,12H2,1-4H3,(H,24,27)/b23-16-. The third kappa shape index (κ3) is 3.86. The van der Waals surface area contributed by atoms with E-state index in [-0.39, 0.29) is 11.3 Å². The van der Waals surface area contributed by atoms with Crippen LogP contribution in [0, 0.1) is 13.8 Å². The molecule has 0 aliphatic carbocycles. The summed E-state index contributed by atoms with van der Waals surface area (Å²) in [6, 6.07) is 13.1. The highest BCUT2D eigenvalue weighted by Gasteiger charge is 2.16. The Morgan fingerprint density at radius 3 is 2.57 bits per heavy atom. The van der Waals surface area contributed by atoms with Crippen molar-refractivity contribution in [3.8, 4) is 0 Å².